The maximum atomic E-state index is 8.71. The monoisotopic (exact) mass is 923 g/mol. The van der Waals surface area contributed by atoms with E-state index in [-0.39, 0.29) is 35.1 Å². The zero-order valence-electron chi connectivity index (χ0n) is 44.9. The molecule has 0 radical (unpaired) electrons. The summed E-state index contributed by atoms with van der Waals surface area (Å²) in [6.07, 6.45) is 0. The van der Waals surface area contributed by atoms with Gasteiger partial charge in [0.25, 0.3) is 0 Å². The quantitative estimate of drug-likeness (QED) is 0.147. The number of nitrogens with zero attached hydrogens (tertiary/aromatic N) is 2. The van der Waals surface area contributed by atoms with Crippen molar-refractivity contribution >= 4 is 38.9 Å². The molecule has 0 atom stereocenters. The van der Waals surface area contributed by atoms with Gasteiger partial charge in [-0.15, -0.1) is 0 Å². The number of para-hydroxylation sites is 1. The minimum atomic E-state index is -0.540. The predicted molar refractivity (Wildman–Crippen MR) is 301 cm³/mol. The first-order valence-electron chi connectivity index (χ1n) is 27.3. The Morgan fingerprint density at radius 3 is 1.49 bits per heavy atom. The number of benzene rings is 11. The van der Waals surface area contributed by atoms with Crippen LogP contribution in [0.3, 0.4) is 0 Å². The molecule has 2 aliphatic carbocycles. The van der Waals surface area contributed by atoms with Crippen LogP contribution in [0.25, 0.3) is 72.0 Å². The molecule has 340 valence electrons. The molecule has 0 bridgehead atoms. The van der Waals surface area contributed by atoms with Crippen LogP contribution in [-0.2, 0) is 10.8 Å². The minimum Gasteiger partial charge on any atom is -0.310 e. The molecular weight excluding hydrogens is 869 g/mol. The van der Waals surface area contributed by atoms with E-state index in [1.807, 2.05) is 24.3 Å². The van der Waals surface area contributed by atoms with Crippen LogP contribution >= 0.6 is 0 Å². The molecule has 12 aromatic rings. The lowest BCUT2D eigenvalue weighted by Gasteiger charge is -2.34. The van der Waals surface area contributed by atoms with Gasteiger partial charge < -0.3 is 9.47 Å². The van der Waals surface area contributed by atoms with E-state index < -0.39 is 11.5 Å². The van der Waals surface area contributed by atoms with E-state index in [4.69, 9.17) is 6.85 Å². The number of hydrogen-bond donors (Lipinski definition) is 0. The smallest absolute Gasteiger partial charge is 0.0713 e. The van der Waals surface area contributed by atoms with Crippen LogP contribution in [-0.4, -0.2) is 4.57 Å². The van der Waals surface area contributed by atoms with E-state index in [0.717, 1.165) is 50.3 Å². The van der Waals surface area contributed by atoms with Crippen LogP contribution < -0.4 is 4.90 Å². The number of rotatable bonds is 8. The normalized spacial score (nSPS) is 14.6. The second kappa shape index (κ2) is 16.3. The lowest BCUT2D eigenvalue weighted by Crippen LogP contribution is -2.28. The summed E-state index contributed by atoms with van der Waals surface area (Å²) in [6.45, 7) is 4.58. The van der Waals surface area contributed by atoms with Crippen molar-refractivity contribution in [1.29, 1.82) is 0 Å². The third-order valence-corrected chi connectivity index (χ3v) is 15.6. The van der Waals surface area contributed by atoms with Gasteiger partial charge in [-0.3, -0.25) is 0 Å². The molecule has 1 heterocycles. The average molecular weight is 924 g/mol. The van der Waals surface area contributed by atoms with Crippen molar-refractivity contribution in [2.24, 2.45) is 0 Å². The standard InChI is InChI=1S/C70H50N2/c1-69(2)63-27-15-12-24-57(63)60-41-40-56(46-66(60)69)71(54-36-30-48(31-37-54)47-18-6-3-7-19-47)55-38-32-49(33-39-55)50-34-42-67-61(44-50)62-45-52(35-43-68(62)72(67)53-22-10-5-11-23-53)70(51-20-8-4-9-21-51)64-28-16-13-25-58(64)59-26-14-17-29-65(59)70/h3-46H,1-2H3/i3D,6D,7D,18D,19D. The van der Waals surface area contributed by atoms with Crippen molar-refractivity contribution in [3.63, 3.8) is 0 Å². The summed E-state index contributed by atoms with van der Waals surface area (Å²) in [4.78, 5) is 2.24. The summed E-state index contributed by atoms with van der Waals surface area (Å²) in [5.41, 5.74) is 20.9. The van der Waals surface area contributed by atoms with Gasteiger partial charge in [0.2, 0.25) is 0 Å². The Hall–Kier alpha value is -8.98. The van der Waals surface area contributed by atoms with Crippen LogP contribution in [0.1, 0.15) is 54.1 Å². The second-order valence-corrected chi connectivity index (χ2v) is 19.7. The zero-order chi connectivity index (χ0) is 52.3. The number of aromatic nitrogens is 1. The van der Waals surface area contributed by atoms with E-state index in [9.17, 15) is 0 Å². The van der Waals surface area contributed by atoms with Crippen molar-refractivity contribution in [1.82, 2.24) is 4.57 Å². The number of hydrogen-bond acceptors (Lipinski definition) is 1. The summed E-state index contributed by atoms with van der Waals surface area (Å²) in [5.74, 6) is 0. The molecule has 0 spiro atoms. The van der Waals surface area contributed by atoms with Gasteiger partial charge >= 0.3 is 0 Å². The molecule has 0 saturated carbocycles. The summed E-state index contributed by atoms with van der Waals surface area (Å²) < 4.78 is 44.7. The Morgan fingerprint density at radius 1 is 0.361 bits per heavy atom. The van der Waals surface area contributed by atoms with E-state index in [0.29, 0.717) is 5.56 Å². The molecule has 1 aromatic heterocycles. The fourth-order valence-electron chi connectivity index (χ4n) is 12.3. The Bertz CT molecular complexity index is 4280. The van der Waals surface area contributed by atoms with Gasteiger partial charge in [0, 0.05) is 38.9 Å². The topological polar surface area (TPSA) is 8.17 Å². The highest BCUT2D eigenvalue weighted by molar-refractivity contribution is 6.11. The predicted octanol–water partition coefficient (Wildman–Crippen LogP) is 18.3. The summed E-state index contributed by atoms with van der Waals surface area (Å²) in [7, 11) is 0. The molecule has 0 saturated heterocycles. The van der Waals surface area contributed by atoms with Gasteiger partial charge in [-0.25, -0.2) is 0 Å². The van der Waals surface area contributed by atoms with Gasteiger partial charge in [-0.05, 0) is 151 Å². The van der Waals surface area contributed by atoms with E-state index in [1.54, 1.807) is 0 Å². The van der Waals surface area contributed by atoms with Gasteiger partial charge in [0.1, 0.15) is 0 Å². The number of anilines is 3. The Kier molecular flexibility index (Phi) is 8.36. The summed E-state index contributed by atoms with van der Waals surface area (Å²) >= 11 is 0. The van der Waals surface area contributed by atoms with Crippen LogP contribution in [0.2, 0.25) is 0 Å². The molecule has 2 nitrogen and oxygen atoms in total. The fourth-order valence-corrected chi connectivity index (χ4v) is 12.3. The molecule has 2 heteroatoms. The molecule has 2 aliphatic rings. The molecule has 0 fully saturated rings. The second-order valence-electron chi connectivity index (χ2n) is 19.7. The maximum absolute atomic E-state index is 8.71. The van der Waals surface area contributed by atoms with E-state index in [2.05, 4.69) is 236 Å². The lowest BCUT2D eigenvalue weighted by atomic mass is 9.67. The van der Waals surface area contributed by atoms with Gasteiger partial charge in [-0.1, -0.05) is 208 Å². The van der Waals surface area contributed by atoms with Crippen LogP contribution in [0, 0.1) is 0 Å². The Labute approximate surface area is 428 Å². The SMILES string of the molecule is [2H]c1c([2H])c([2H])c(-c2ccc(N(c3ccc(-c4ccc5c(c4)c4cc(C6(c7ccccc7)c7ccccc7-c7ccccc76)ccc4n5-c4ccccc4)cc3)c3ccc4c(c3)C(C)(C)c3ccccc3-4)cc2)c([2H])c1[2H]. The van der Waals surface area contributed by atoms with Gasteiger partial charge in [0.15, 0.2) is 0 Å². The highest BCUT2D eigenvalue weighted by Crippen LogP contribution is 2.57. The molecule has 0 aliphatic heterocycles. The molecule has 11 aromatic carbocycles. The Balaban J connectivity index is 0.917. The summed E-state index contributed by atoms with van der Waals surface area (Å²) in [6, 6.07) is 83.7. The zero-order valence-corrected chi connectivity index (χ0v) is 39.9. The van der Waals surface area contributed by atoms with E-state index in [1.165, 1.54) is 61.0 Å². The first kappa shape index (κ1) is 36.9. The van der Waals surface area contributed by atoms with Crippen LogP contribution in [0.5, 0.6) is 0 Å². The molecule has 0 N–H and O–H groups in total. The largest absolute Gasteiger partial charge is 0.310 e. The maximum Gasteiger partial charge on any atom is 0.0713 e. The van der Waals surface area contributed by atoms with Crippen molar-refractivity contribution in [3.05, 3.63) is 300 Å². The summed E-state index contributed by atoms with van der Waals surface area (Å²) in [5, 5.41) is 2.34. The van der Waals surface area contributed by atoms with Gasteiger partial charge in [0.05, 0.1) is 23.3 Å². The van der Waals surface area contributed by atoms with Crippen molar-refractivity contribution in [2.45, 2.75) is 24.7 Å². The lowest BCUT2D eigenvalue weighted by molar-refractivity contribution is 0.660. The van der Waals surface area contributed by atoms with Crippen LogP contribution in [0.4, 0.5) is 17.1 Å². The molecule has 0 unspecified atom stereocenters. The highest BCUT2D eigenvalue weighted by Gasteiger charge is 2.46. The molecule has 14 rings (SSSR count). The first-order valence-corrected chi connectivity index (χ1v) is 24.8. The highest BCUT2D eigenvalue weighted by atomic mass is 15.1. The minimum absolute atomic E-state index is 0.181. The first-order chi connectivity index (χ1) is 37.5. The van der Waals surface area contributed by atoms with Crippen molar-refractivity contribution in [2.75, 3.05) is 4.90 Å². The molecule has 0 amide bonds. The Morgan fingerprint density at radius 2 is 0.847 bits per heavy atom. The third kappa shape index (κ3) is 6.28. The third-order valence-electron chi connectivity index (χ3n) is 15.6. The average Bonchev–Trinajstić information content (AvgIpc) is 4.20. The van der Waals surface area contributed by atoms with Crippen molar-refractivity contribution < 1.29 is 6.85 Å². The van der Waals surface area contributed by atoms with Gasteiger partial charge in [-0.2, -0.15) is 0 Å². The fraction of sp³-hybridized carbons (Fsp3) is 0.0571. The molecular formula is C70H50N2. The van der Waals surface area contributed by atoms with Crippen LogP contribution in [0.15, 0.2) is 267 Å². The van der Waals surface area contributed by atoms with Crippen molar-refractivity contribution in [3.8, 4) is 50.2 Å². The number of fused-ring (bicyclic) bond motifs is 9. The molecule has 72 heavy (non-hydrogen) atoms. The van der Waals surface area contributed by atoms with E-state index >= 15 is 0 Å².